The van der Waals surface area contributed by atoms with Crippen LogP contribution in [0, 0.1) is 0 Å². The van der Waals surface area contributed by atoms with E-state index in [4.69, 9.17) is 0 Å². The lowest BCUT2D eigenvalue weighted by Gasteiger charge is -2.31. The third-order valence-corrected chi connectivity index (χ3v) is 10.3. The summed E-state index contributed by atoms with van der Waals surface area (Å²) >= 11 is 0. The van der Waals surface area contributed by atoms with Crippen LogP contribution >= 0.6 is 0 Å². The normalized spacial score (nSPS) is 15.4. The first-order chi connectivity index (χ1) is 20.5. The molecule has 6 aromatic carbocycles. The van der Waals surface area contributed by atoms with E-state index >= 15 is 0 Å². The molecule has 200 valence electrons. The predicted molar refractivity (Wildman–Crippen MR) is 175 cm³/mol. The first-order valence-electron chi connectivity index (χ1n) is 14.9. The number of fused-ring (bicyclic) bond motifs is 13. The predicted octanol–water partition coefficient (Wildman–Crippen LogP) is 10.1. The molecule has 6 aromatic rings. The maximum atomic E-state index is 2.40. The molecule has 42 heavy (non-hydrogen) atoms. The molecule has 3 aliphatic carbocycles. The zero-order valence-electron chi connectivity index (χ0n) is 24.1. The Morgan fingerprint density at radius 3 is 1.55 bits per heavy atom. The molecule has 0 amide bonds. The first kappa shape index (κ1) is 23.8. The number of hydrogen-bond donors (Lipinski definition) is 0. The lowest BCUT2D eigenvalue weighted by molar-refractivity contribution is 0.660. The highest BCUT2D eigenvalue weighted by Gasteiger charge is 2.52. The molecule has 0 aromatic heterocycles. The summed E-state index contributed by atoms with van der Waals surface area (Å²) in [6, 6.07) is 50.0. The minimum atomic E-state index is -0.323. The van der Waals surface area contributed by atoms with Crippen LogP contribution in [-0.2, 0) is 10.8 Å². The maximum absolute atomic E-state index is 2.40. The van der Waals surface area contributed by atoms with Crippen LogP contribution < -0.4 is 4.90 Å². The van der Waals surface area contributed by atoms with Gasteiger partial charge in [-0.1, -0.05) is 129 Å². The third-order valence-electron chi connectivity index (χ3n) is 10.3. The fourth-order valence-corrected chi connectivity index (χ4v) is 8.46. The van der Waals surface area contributed by atoms with Crippen molar-refractivity contribution < 1.29 is 0 Å². The Hall–Kier alpha value is -4.88. The summed E-state index contributed by atoms with van der Waals surface area (Å²) in [5, 5.41) is 0. The minimum Gasteiger partial charge on any atom is -0.344 e. The van der Waals surface area contributed by atoms with E-state index in [-0.39, 0.29) is 10.8 Å². The fourth-order valence-electron chi connectivity index (χ4n) is 8.46. The fraction of sp³-hybridized carbons (Fsp3) is 0.122. The van der Waals surface area contributed by atoms with Gasteiger partial charge in [-0.15, -0.1) is 0 Å². The molecule has 0 unspecified atom stereocenters. The van der Waals surface area contributed by atoms with Crippen molar-refractivity contribution in [2.75, 3.05) is 11.9 Å². The van der Waals surface area contributed by atoms with Crippen molar-refractivity contribution in [3.05, 3.63) is 167 Å². The molecule has 0 heterocycles. The number of rotatable bonds is 2. The quantitative estimate of drug-likeness (QED) is 0.212. The zero-order valence-corrected chi connectivity index (χ0v) is 24.1. The van der Waals surface area contributed by atoms with Crippen LogP contribution in [0.2, 0.25) is 0 Å². The van der Waals surface area contributed by atoms with E-state index in [0.717, 1.165) is 0 Å². The second-order valence-electron chi connectivity index (χ2n) is 12.5. The van der Waals surface area contributed by atoms with Gasteiger partial charge in [0.05, 0.1) is 5.41 Å². The van der Waals surface area contributed by atoms with E-state index in [1.54, 1.807) is 0 Å². The van der Waals surface area contributed by atoms with Crippen molar-refractivity contribution in [1.29, 1.82) is 0 Å². The Balaban J connectivity index is 1.29. The molecule has 0 atom stereocenters. The van der Waals surface area contributed by atoms with Gasteiger partial charge in [0.15, 0.2) is 0 Å². The van der Waals surface area contributed by atoms with E-state index in [9.17, 15) is 0 Å². The average Bonchev–Trinajstić information content (AvgIpc) is 3.60. The number of benzene rings is 6. The van der Waals surface area contributed by atoms with Gasteiger partial charge in [0.2, 0.25) is 0 Å². The van der Waals surface area contributed by atoms with Crippen LogP contribution in [0.1, 0.15) is 47.2 Å². The first-order valence-corrected chi connectivity index (χ1v) is 14.9. The molecule has 0 saturated heterocycles. The van der Waals surface area contributed by atoms with Crippen LogP contribution in [0.25, 0.3) is 33.4 Å². The van der Waals surface area contributed by atoms with Gasteiger partial charge in [0.1, 0.15) is 0 Å². The molecule has 1 spiro atoms. The van der Waals surface area contributed by atoms with E-state index in [1.807, 2.05) is 0 Å². The summed E-state index contributed by atoms with van der Waals surface area (Å²) in [5.74, 6) is 0. The van der Waals surface area contributed by atoms with E-state index in [2.05, 4.69) is 159 Å². The van der Waals surface area contributed by atoms with Gasteiger partial charge in [0, 0.05) is 29.4 Å². The lowest BCUT2D eigenvalue weighted by Crippen LogP contribution is -2.26. The van der Waals surface area contributed by atoms with Gasteiger partial charge in [-0.3, -0.25) is 0 Å². The van der Waals surface area contributed by atoms with Crippen LogP contribution in [0.5, 0.6) is 0 Å². The second kappa shape index (κ2) is 8.11. The van der Waals surface area contributed by atoms with Gasteiger partial charge in [-0.2, -0.15) is 0 Å². The van der Waals surface area contributed by atoms with Crippen LogP contribution in [-0.4, -0.2) is 7.05 Å². The van der Waals surface area contributed by atoms with Gasteiger partial charge >= 0.3 is 0 Å². The van der Waals surface area contributed by atoms with Gasteiger partial charge in [0.25, 0.3) is 0 Å². The highest BCUT2D eigenvalue weighted by molar-refractivity contribution is 5.99. The average molecular weight is 538 g/mol. The summed E-state index contributed by atoms with van der Waals surface area (Å²) in [6.07, 6.45) is 0. The Bertz CT molecular complexity index is 2050. The number of nitrogens with zero attached hydrogens (tertiary/aromatic N) is 1. The highest BCUT2D eigenvalue weighted by Crippen LogP contribution is 2.64. The molecule has 0 bridgehead atoms. The molecule has 0 saturated carbocycles. The smallest absolute Gasteiger partial charge is 0.0726 e. The Kier molecular flexibility index (Phi) is 4.59. The molecule has 3 aliphatic rings. The van der Waals surface area contributed by atoms with Gasteiger partial charge < -0.3 is 4.90 Å². The molecule has 9 rings (SSSR count). The topological polar surface area (TPSA) is 3.24 Å². The second-order valence-corrected chi connectivity index (χ2v) is 12.5. The van der Waals surface area contributed by atoms with Gasteiger partial charge in [-0.25, -0.2) is 0 Å². The molecular formula is C41H31N. The molecule has 0 radical (unpaired) electrons. The van der Waals surface area contributed by atoms with Crippen molar-refractivity contribution >= 4 is 11.4 Å². The van der Waals surface area contributed by atoms with E-state index < -0.39 is 0 Å². The molecule has 0 aliphatic heterocycles. The Morgan fingerprint density at radius 2 is 0.905 bits per heavy atom. The Labute approximate surface area is 247 Å². The summed E-state index contributed by atoms with van der Waals surface area (Å²) in [6.45, 7) is 4.69. The summed E-state index contributed by atoms with van der Waals surface area (Å²) in [7, 11) is 2.23. The monoisotopic (exact) mass is 537 g/mol. The SMILES string of the molecule is CN(c1ccc2c(c1)-c1ccccc1C2(C)C)c1cccc2c1-c1ccccc1C21c2ccccc2-c2ccccc21. The molecule has 0 fully saturated rings. The zero-order chi connectivity index (χ0) is 28.2. The standard InChI is InChI=1S/C41H31N/c1-40(2)32-17-8-4-15-29(32)31-25-26(23-24-33(31)40)42(3)38-22-12-21-37-39(38)30-16-7-11-20-36(30)41(37)34-18-9-5-13-27(34)28-14-6-10-19-35(28)41/h4-25H,1-3H3. The lowest BCUT2D eigenvalue weighted by atomic mass is 9.70. The van der Waals surface area contributed by atoms with Crippen LogP contribution in [0.15, 0.2) is 133 Å². The van der Waals surface area contributed by atoms with E-state index in [1.165, 1.54) is 78.1 Å². The molecule has 1 heteroatoms. The molecule has 1 nitrogen and oxygen atoms in total. The minimum absolute atomic E-state index is 0.00555. The van der Waals surface area contributed by atoms with Crippen molar-refractivity contribution in [3.63, 3.8) is 0 Å². The number of hydrogen-bond acceptors (Lipinski definition) is 1. The van der Waals surface area contributed by atoms with Crippen LogP contribution in [0.3, 0.4) is 0 Å². The number of anilines is 2. The maximum Gasteiger partial charge on any atom is 0.0726 e. The van der Waals surface area contributed by atoms with Crippen molar-refractivity contribution in [2.45, 2.75) is 24.7 Å². The summed E-state index contributed by atoms with van der Waals surface area (Å²) in [4.78, 5) is 2.40. The molecule has 0 N–H and O–H groups in total. The van der Waals surface area contributed by atoms with Crippen molar-refractivity contribution in [1.82, 2.24) is 0 Å². The van der Waals surface area contributed by atoms with Gasteiger partial charge in [-0.05, 0) is 79.4 Å². The summed E-state index contributed by atoms with van der Waals surface area (Å²) in [5.41, 5.74) is 18.5. The van der Waals surface area contributed by atoms with Crippen LogP contribution in [0.4, 0.5) is 11.4 Å². The highest BCUT2D eigenvalue weighted by atomic mass is 15.1. The third kappa shape index (κ3) is 2.74. The molecular weight excluding hydrogens is 506 g/mol. The van der Waals surface area contributed by atoms with E-state index in [0.29, 0.717) is 0 Å². The largest absolute Gasteiger partial charge is 0.344 e. The van der Waals surface area contributed by atoms with Crippen molar-refractivity contribution in [3.8, 4) is 33.4 Å². The summed E-state index contributed by atoms with van der Waals surface area (Å²) < 4.78 is 0. The Morgan fingerprint density at radius 1 is 0.429 bits per heavy atom. The van der Waals surface area contributed by atoms with Crippen molar-refractivity contribution in [2.24, 2.45) is 0 Å².